The predicted molar refractivity (Wildman–Crippen MR) is 114 cm³/mol. The molecule has 1 saturated heterocycles. The van der Waals surface area contributed by atoms with Crippen LogP contribution in [-0.2, 0) is 16.0 Å². The molecule has 0 N–H and O–H groups in total. The van der Waals surface area contributed by atoms with E-state index in [1.54, 1.807) is 17.2 Å². The van der Waals surface area contributed by atoms with Crippen LogP contribution < -0.4 is 9.47 Å². The molecule has 0 radical (unpaired) electrons. The first-order valence-electron chi connectivity index (χ1n) is 10.5. The maximum Gasteiger partial charge on any atom is 0.267 e. The average molecular weight is 420 g/mol. The number of carbonyl (C=O) groups is 2. The Bertz CT molecular complexity index is 1130. The number of fused-ring (bicyclic) bond motifs is 2. The summed E-state index contributed by atoms with van der Waals surface area (Å²) < 4.78 is 17.1. The molecule has 0 bridgehead atoms. The third kappa shape index (κ3) is 3.83. The Hall–Kier alpha value is -3.48. The molecular formula is C24H24N2O5. The van der Waals surface area contributed by atoms with E-state index in [-0.39, 0.29) is 18.4 Å². The van der Waals surface area contributed by atoms with Gasteiger partial charge >= 0.3 is 0 Å². The highest BCUT2D eigenvalue weighted by molar-refractivity contribution is 5.88. The minimum absolute atomic E-state index is 0.0431. The predicted octanol–water partition coefficient (Wildman–Crippen LogP) is 2.79. The normalized spacial score (nSPS) is 18.3. The minimum Gasteiger partial charge on any atom is -0.485 e. The molecule has 2 aromatic carbocycles. The molecular weight excluding hydrogens is 396 g/mol. The van der Waals surface area contributed by atoms with Crippen molar-refractivity contribution < 1.29 is 23.5 Å². The second-order valence-corrected chi connectivity index (χ2v) is 8.01. The lowest BCUT2D eigenvalue weighted by atomic mass is 10.1. The summed E-state index contributed by atoms with van der Waals surface area (Å²) in [6.45, 7) is 4.18. The van der Waals surface area contributed by atoms with Gasteiger partial charge in [-0.2, -0.15) is 0 Å². The Labute approximate surface area is 180 Å². The van der Waals surface area contributed by atoms with Gasteiger partial charge in [-0.1, -0.05) is 24.3 Å². The van der Waals surface area contributed by atoms with Gasteiger partial charge in [-0.3, -0.25) is 9.59 Å². The SMILES string of the molecule is Cc1ccc2c(CC(=O)N3CCN(C(=O)[C@@H]4COc5ccccc5O4)CC3)coc2c1. The molecule has 7 nitrogen and oxygen atoms in total. The Morgan fingerprint density at radius 3 is 2.55 bits per heavy atom. The second kappa shape index (κ2) is 7.98. The fourth-order valence-corrected chi connectivity index (χ4v) is 4.12. The smallest absolute Gasteiger partial charge is 0.267 e. The lowest BCUT2D eigenvalue weighted by molar-refractivity contribution is -0.146. The first-order valence-corrected chi connectivity index (χ1v) is 10.5. The van der Waals surface area contributed by atoms with Crippen LogP contribution in [-0.4, -0.2) is 60.5 Å². The van der Waals surface area contributed by atoms with E-state index in [2.05, 4.69) is 0 Å². The molecule has 160 valence electrons. The fraction of sp³-hybridized carbons (Fsp3) is 0.333. The zero-order valence-electron chi connectivity index (χ0n) is 17.4. The topological polar surface area (TPSA) is 72.2 Å². The van der Waals surface area contributed by atoms with Crippen molar-refractivity contribution in [1.82, 2.24) is 9.80 Å². The Morgan fingerprint density at radius 2 is 1.74 bits per heavy atom. The van der Waals surface area contributed by atoms with E-state index in [0.717, 1.165) is 22.1 Å². The van der Waals surface area contributed by atoms with Crippen LogP contribution in [0.1, 0.15) is 11.1 Å². The summed E-state index contributed by atoms with van der Waals surface area (Å²) in [4.78, 5) is 29.3. The third-order valence-electron chi connectivity index (χ3n) is 5.88. The average Bonchev–Trinajstić information content (AvgIpc) is 3.19. The molecule has 0 spiro atoms. The molecule has 2 aliphatic rings. The van der Waals surface area contributed by atoms with Gasteiger partial charge in [-0.25, -0.2) is 0 Å². The second-order valence-electron chi connectivity index (χ2n) is 8.01. The summed E-state index contributed by atoms with van der Waals surface area (Å²) in [5.74, 6) is 1.19. The largest absolute Gasteiger partial charge is 0.485 e. The van der Waals surface area contributed by atoms with Gasteiger partial charge in [0.1, 0.15) is 12.2 Å². The molecule has 1 aromatic heterocycles. The molecule has 0 saturated carbocycles. The van der Waals surface area contributed by atoms with E-state index in [9.17, 15) is 9.59 Å². The number of piperazine rings is 1. The van der Waals surface area contributed by atoms with Gasteiger partial charge in [0.2, 0.25) is 12.0 Å². The number of rotatable bonds is 3. The van der Waals surface area contributed by atoms with E-state index >= 15 is 0 Å². The van der Waals surface area contributed by atoms with Crippen LogP contribution in [0.3, 0.4) is 0 Å². The molecule has 0 unspecified atom stereocenters. The minimum atomic E-state index is -0.655. The Balaban J connectivity index is 1.17. The fourth-order valence-electron chi connectivity index (χ4n) is 4.12. The summed E-state index contributed by atoms with van der Waals surface area (Å²) in [5, 5.41) is 0.975. The summed E-state index contributed by atoms with van der Waals surface area (Å²) in [6, 6.07) is 13.3. The van der Waals surface area contributed by atoms with Crippen molar-refractivity contribution in [3.05, 3.63) is 59.9 Å². The molecule has 7 heteroatoms. The van der Waals surface area contributed by atoms with E-state index in [1.165, 1.54) is 0 Å². The summed E-state index contributed by atoms with van der Waals surface area (Å²) in [7, 11) is 0. The van der Waals surface area contributed by atoms with Crippen molar-refractivity contribution in [3.63, 3.8) is 0 Å². The molecule has 3 aromatic rings. The van der Waals surface area contributed by atoms with Crippen molar-refractivity contribution in [3.8, 4) is 11.5 Å². The summed E-state index contributed by atoms with van der Waals surface area (Å²) in [6.07, 6.45) is 1.30. The number of furan rings is 1. The van der Waals surface area contributed by atoms with Gasteiger partial charge < -0.3 is 23.7 Å². The number of aryl methyl sites for hydroxylation is 1. The van der Waals surface area contributed by atoms with Crippen LogP contribution in [0.25, 0.3) is 11.0 Å². The standard InChI is InChI=1S/C24H24N2O5/c1-16-6-7-18-17(14-29-21(18)12-16)13-23(27)25-8-10-26(11-9-25)24(28)22-15-30-19-4-2-3-5-20(19)31-22/h2-7,12,14,22H,8-11,13,15H2,1H3/t22-/m0/s1. The number of ether oxygens (including phenoxy) is 2. The highest BCUT2D eigenvalue weighted by atomic mass is 16.6. The van der Waals surface area contributed by atoms with Gasteiger partial charge in [0.25, 0.3) is 5.91 Å². The molecule has 2 aliphatic heterocycles. The van der Waals surface area contributed by atoms with Gasteiger partial charge in [0, 0.05) is 37.1 Å². The monoisotopic (exact) mass is 420 g/mol. The molecule has 5 rings (SSSR count). The number of carbonyl (C=O) groups excluding carboxylic acids is 2. The lowest BCUT2D eigenvalue weighted by Gasteiger charge is -2.37. The van der Waals surface area contributed by atoms with Crippen LogP contribution in [0, 0.1) is 6.92 Å². The van der Waals surface area contributed by atoms with Crippen molar-refractivity contribution in [2.75, 3.05) is 32.8 Å². The maximum absolute atomic E-state index is 12.9. The van der Waals surface area contributed by atoms with E-state index in [4.69, 9.17) is 13.9 Å². The van der Waals surface area contributed by atoms with Gasteiger partial charge in [-0.05, 0) is 30.7 Å². The number of benzene rings is 2. The number of nitrogens with zero attached hydrogens (tertiary/aromatic N) is 2. The quantitative estimate of drug-likeness (QED) is 0.652. The first kappa shape index (κ1) is 19.5. The molecule has 3 heterocycles. The molecule has 1 atom stereocenters. The zero-order valence-corrected chi connectivity index (χ0v) is 17.4. The Morgan fingerprint density at radius 1 is 1.00 bits per heavy atom. The van der Waals surface area contributed by atoms with Crippen molar-refractivity contribution in [1.29, 1.82) is 0 Å². The lowest BCUT2D eigenvalue weighted by Crippen LogP contribution is -2.55. The van der Waals surface area contributed by atoms with Crippen LogP contribution in [0.15, 0.2) is 53.1 Å². The molecule has 1 fully saturated rings. The third-order valence-corrected chi connectivity index (χ3v) is 5.88. The van der Waals surface area contributed by atoms with E-state index < -0.39 is 6.10 Å². The first-order chi connectivity index (χ1) is 15.1. The van der Waals surface area contributed by atoms with Crippen molar-refractivity contribution in [2.24, 2.45) is 0 Å². The van der Waals surface area contributed by atoms with Gasteiger partial charge in [0.05, 0.1) is 12.7 Å². The molecule has 0 aliphatic carbocycles. The van der Waals surface area contributed by atoms with Crippen LogP contribution >= 0.6 is 0 Å². The number of hydrogen-bond donors (Lipinski definition) is 0. The highest BCUT2D eigenvalue weighted by Gasteiger charge is 2.33. The number of para-hydroxylation sites is 2. The number of hydrogen-bond acceptors (Lipinski definition) is 5. The zero-order chi connectivity index (χ0) is 21.4. The van der Waals surface area contributed by atoms with Crippen LogP contribution in [0.4, 0.5) is 0 Å². The van der Waals surface area contributed by atoms with E-state index in [1.807, 2.05) is 48.2 Å². The van der Waals surface area contributed by atoms with Crippen LogP contribution in [0.5, 0.6) is 11.5 Å². The van der Waals surface area contributed by atoms with E-state index in [0.29, 0.717) is 44.1 Å². The van der Waals surface area contributed by atoms with Crippen molar-refractivity contribution >= 4 is 22.8 Å². The van der Waals surface area contributed by atoms with Gasteiger partial charge in [-0.15, -0.1) is 0 Å². The molecule has 31 heavy (non-hydrogen) atoms. The Kier molecular flexibility index (Phi) is 5.02. The van der Waals surface area contributed by atoms with Gasteiger partial charge in [0.15, 0.2) is 11.5 Å². The van der Waals surface area contributed by atoms with Crippen LogP contribution in [0.2, 0.25) is 0 Å². The number of amides is 2. The molecule has 2 amide bonds. The maximum atomic E-state index is 12.9. The summed E-state index contributed by atoms with van der Waals surface area (Å²) in [5.41, 5.74) is 2.82. The summed E-state index contributed by atoms with van der Waals surface area (Å²) >= 11 is 0. The van der Waals surface area contributed by atoms with Crippen molar-refractivity contribution in [2.45, 2.75) is 19.4 Å². The highest BCUT2D eigenvalue weighted by Crippen LogP contribution is 2.31.